The highest BCUT2D eigenvalue weighted by atomic mass is 16.5. The molecule has 2 nitrogen and oxygen atoms in total. The molecule has 2 N–H and O–H groups in total. The van der Waals surface area contributed by atoms with Crippen LogP contribution in [0.5, 0.6) is 0 Å². The van der Waals surface area contributed by atoms with Gasteiger partial charge in [-0.05, 0) is 51.4 Å². The van der Waals surface area contributed by atoms with Gasteiger partial charge in [0.05, 0.1) is 12.2 Å². The van der Waals surface area contributed by atoms with Gasteiger partial charge >= 0.3 is 0 Å². The molecule has 2 saturated carbocycles. The third-order valence-corrected chi connectivity index (χ3v) is 4.92. The van der Waals surface area contributed by atoms with Crippen molar-refractivity contribution in [2.45, 2.75) is 75.9 Å². The van der Waals surface area contributed by atoms with Crippen molar-refractivity contribution < 1.29 is 4.74 Å². The fraction of sp³-hybridized carbons (Fsp3) is 0.867. The van der Waals surface area contributed by atoms with Crippen molar-refractivity contribution in [1.82, 2.24) is 0 Å². The first kappa shape index (κ1) is 11.7. The van der Waals surface area contributed by atoms with Crippen molar-refractivity contribution in [3.8, 4) is 0 Å². The van der Waals surface area contributed by atoms with E-state index in [0.717, 1.165) is 13.0 Å². The van der Waals surface area contributed by atoms with Gasteiger partial charge in [-0.2, -0.15) is 0 Å². The van der Waals surface area contributed by atoms with Crippen molar-refractivity contribution in [2.75, 3.05) is 6.61 Å². The largest absolute Gasteiger partial charge is 0.374 e. The van der Waals surface area contributed by atoms with Crippen LogP contribution in [-0.4, -0.2) is 18.2 Å². The zero-order valence-corrected chi connectivity index (χ0v) is 10.8. The number of nitrogens with two attached hydrogens (primary N) is 1. The van der Waals surface area contributed by atoms with Crippen LogP contribution in [0.1, 0.15) is 64.2 Å². The lowest BCUT2D eigenvalue weighted by Crippen LogP contribution is -2.35. The number of ether oxygens (including phenoxy) is 1. The molecule has 1 unspecified atom stereocenters. The highest BCUT2D eigenvalue weighted by Crippen LogP contribution is 2.43. The maximum absolute atomic E-state index is 6.11. The van der Waals surface area contributed by atoms with E-state index < -0.39 is 0 Å². The smallest absolute Gasteiger partial charge is 0.0719 e. The molecular weight excluding hydrogens is 210 g/mol. The second-order valence-corrected chi connectivity index (χ2v) is 6.23. The average molecular weight is 235 g/mol. The number of hydrogen-bond acceptors (Lipinski definition) is 2. The SMILES string of the molecule is NC1CCCC(=C2CCOC3(CCCC3)C2)C1. The third-order valence-electron chi connectivity index (χ3n) is 4.92. The average Bonchev–Trinajstić information content (AvgIpc) is 2.77. The predicted molar refractivity (Wildman–Crippen MR) is 69.9 cm³/mol. The topological polar surface area (TPSA) is 35.2 Å². The van der Waals surface area contributed by atoms with E-state index in [0.29, 0.717) is 6.04 Å². The molecule has 1 spiro atoms. The van der Waals surface area contributed by atoms with E-state index in [9.17, 15) is 0 Å². The molecular formula is C15H25NO. The summed E-state index contributed by atoms with van der Waals surface area (Å²) >= 11 is 0. The fourth-order valence-electron chi connectivity index (χ4n) is 3.98. The summed E-state index contributed by atoms with van der Waals surface area (Å²) in [7, 11) is 0. The summed E-state index contributed by atoms with van der Waals surface area (Å²) in [6.45, 7) is 0.952. The first-order chi connectivity index (χ1) is 8.27. The highest BCUT2D eigenvalue weighted by molar-refractivity contribution is 5.21. The Morgan fingerprint density at radius 3 is 2.65 bits per heavy atom. The van der Waals surface area contributed by atoms with E-state index in [4.69, 9.17) is 10.5 Å². The number of rotatable bonds is 0. The molecule has 1 atom stereocenters. The van der Waals surface area contributed by atoms with E-state index in [1.807, 2.05) is 0 Å². The Morgan fingerprint density at radius 1 is 1.06 bits per heavy atom. The predicted octanol–water partition coefficient (Wildman–Crippen LogP) is 3.31. The summed E-state index contributed by atoms with van der Waals surface area (Å²) in [6.07, 6.45) is 12.7. The van der Waals surface area contributed by atoms with E-state index in [1.165, 1.54) is 57.8 Å². The Bertz CT molecular complexity index is 315. The van der Waals surface area contributed by atoms with Gasteiger partial charge in [-0.25, -0.2) is 0 Å². The van der Waals surface area contributed by atoms with Gasteiger partial charge in [0, 0.05) is 6.04 Å². The molecule has 2 aliphatic carbocycles. The zero-order chi connectivity index (χ0) is 11.7. The van der Waals surface area contributed by atoms with Gasteiger partial charge in [-0.15, -0.1) is 0 Å². The van der Waals surface area contributed by atoms with Crippen molar-refractivity contribution in [3.05, 3.63) is 11.1 Å². The first-order valence-electron chi connectivity index (χ1n) is 7.37. The molecule has 1 saturated heterocycles. The Hall–Kier alpha value is -0.340. The molecule has 2 heteroatoms. The van der Waals surface area contributed by atoms with Crippen LogP contribution in [0.3, 0.4) is 0 Å². The highest BCUT2D eigenvalue weighted by Gasteiger charge is 2.38. The normalized spacial score (nSPS) is 37.6. The minimum Gasteiger partial charge on any atom is -0.374 e. The van der Waals surface area contributed by atoms with Gasteiger partial charge < -0.3 is 10.5 Å². The summed E-state index contributed by atoms with van der Waals surface area (Å²) in [4.78, 5) is 0. The molecule has 0 aromatic rings. The Morgan fingerprint density at radius 2 is 1.88 bits per heavy atom. The van der Waals surface area contributed by atoms with Crippen LogP contribution in [-0.2, 0) is 4.74 Å². The molecule has 1 aliphatic heterocycles. The summed E-state index contributed by atoms with van der Waals surface area (Å²) in [5.74, 6) is 0. The Labute approximate surface area is 105 Å². The molecule has 17 heavy (non-hydrogen) atoms. The maximum Gasteiger partial charge on any atom is 0.0719 e. The standard InChI is InChI=1S/C15H25NO/c16-14-5-3-4-12(10-14)13-6-9-17-15(11-13)7-1-2-8-15/h14H,1-11,16H2. The van der Waals surface area contributed by atoms with Crippen LogP contribution in [0.4, 0.5) is 0 Å². The molecule has 3 rings (SSSR count). The van der Waals surface area contributed by atoms with Crippen LogP contribution in [0.25, 0.3) is 0 Å². The van der Waals surface area contributed by atoms with E-state index in [1.54, 1.807) is 11.1 Å². The Kier molecular flexibility index (Phi) is 3.27. The second-order valence-electron chi connectivity index (χ2n) is 6.23. The van der Waals surface area contributed by atoms with Crippen LogP contribution in [0.2, 0.25) is 0 Å². The lowest BCUT2D eigenvalue weighted by molar-refractivity contribution is -0.0564. The molecule has 0 aromatic heterocycles. The third kappa shape index (κ3) is 2.43. The summed E-state index contributed by atoms with van der Waals surface area (Å²) in [5.41, 5.74) is 9.76. The van der Waals surface area contributed by atoms with Crippen LogP contribution >= 0.6 is 0 Å². The summed E-state index contributed by atoms with van der Waals surface area (Å²) in [6, 6.07) is 0.425. The fourth-order valence-corrected chi connectivity index (χ4v) is 3.98. The van der Waals surface area contributed by atoms with Crippen molar-refractivity contribution in [3.63, 3.8) is 0 Å². The molecule has 96 valence electrons. The minimum absolute atomic E-state index is 0.238. The van der Waals surface area contributed by atoms with Crippen LogP contribution < -0.4 is 5.73 Å². The Balaban J connectivity index is 1.76. The van der Waals surface area contributed by atoms with E-state index >= 15 is 0 Å². The van der Waals surface area contributed by atoms with Gasteiger partial charge in [0.2, 0.25) is 0 Å². The second kappa shape index (κ2) is 4.74. The molecule has 0 aromatic carbocycles. The van der Waals surface area contributed by atoms with Gasteiger partial charge in [0.25, 0.3) is 0 Å². The summed E-state index contributed by atoms with van der Waals surface area (Å²) < 4.78 is 6.11. The van der Waals surface area contributed by atoms with E-state index in [2.05, 4.69) is 0 Å². The number of hydrogen-bond donors (Lipinski definition) is 1. The molecule has 3 fully saturated rings. The summed E-state index contributed by atoms with van der Waals surface area (Å²) in [5, 5.41) is 0. The van der Waals surface area contributed by atoms with Gasteiger partial charge in [-0.3, -0.25) is 0 Å². The minimum atomic E-state index is 0.238. The van der Waals surface area contributed by atoms with Crippen LogP contribution in [0.15, 0.2) is 11.1 Å². The maximum atomic E-state index is 6.11. The molecule has 0 bridgehead atoms. The van der Waals surface area contributed by atoms with Gasteiger partial charge in [0.1, 0.15) is 0 Å². The molecule has 1 heterocycles. The van der Waals surface area contributed by atoms with E-state index in [-0.39, 0.29) is 5.60 Å². The molecule has 3 aliphatic rings. The quantitative estimate of drug-likeness (QED) is 0.654. The molecule has 0 radical (unpaired) electrons. The molecule has 0 amide bonds. The van der Waals surface area contributed by atoms with Crippen molar-refractivity contribution >= 4 is 0 Å². The van der Waals surface area contributed by atoms with Crippen molar-refractivity contribution in [2.24, 2.45) is 5.73 Å². The van der Waals surface area contributed by atoms with Crippen molar-refractivity contribution in [1.29, 1.82) is 0 Å². The first-order valence-corrected chi connectivity index (χ1v) is 7.37. The van der Waals surface area contributed by atoms with Gasteiger partial charge in [-0.1, -0.05) is 24.0 Å². The van der Waals surface area contributed by atoms with Gasteiger partial charge in [0.15, 0.2) is 0 Å². The monoisotopic (exact) mass is 235 g/mol. The lowest BCUT2D eigenvalue weighted by atomic mass is 9.81. The lowest BCUT2D eigenvalue weighted by Gasteiger charge is -2.37. The zero-order valence-electron chi connectivity index (χ0n) is 10.8. The van der Waals surface area contributed by atoms with Crippen LogP contribution in [0, 0.1) is 0 Å².